The van der Waals surface area contributed by atoms with Gasteiger partial charge in [0.05, 0.1) is 13.2 Å². The van der Waals surface area contributed by atoms with Crippen LogP contribution in [0.25, 0.3) is 0 Å². The van der Waals surface area contributed by atoms with Gasteiger partial charge in [-0.2, -0.15) is 0 Å². The fourth-order valence-corrected chi connectivity index (χ4v) is 6.09. The summed E-state index contributed by atoms with van der Waals surface area (Å²) < 4.78 is 32.6. The van der Waals surface area contributed by atoms with Gasteiger partial charge >= 0.3 is 19.8 Å². The van der Waals surface area contributed by atoms with E-state index < -0.39 is 32.5 Å². The van der Waals surface area contributed by atoms with Gasteiger partial charge in [-0.15, -0.1) is 0 Å². The molecule has 0 saturated carbocycles. The summed E-state index contributed by atoms with van der Waals surface area (Å²) in [6.45, 7) is 3.61. The first kappa shape index (κ1) is 50.7. The minimum absolute atomic E-state index is 0.0407. The van der Waals surface area contributed by atoms with Gasteiger partial charge in [-0.05, 0) is 51.4 Å². The molecular weight excluding hydrogens is 689 g/mol. The molecule has 0 heterocycles. The number of phosphoric ester groups is 1. The number of carbonyl (C=O) groups is 2. The van der Waals surface area contributed by atoms with E-state index in [1.54, 1.807) is 0 Å². The van der Waals surface area contributed by atoms with E-state index in [0.717, 1.165) is 44.9 Å². The van der Waals surface area contributed by atoms with Crippen molar-refractivity contribution in [3.63, 3.8) is 0 Å². The highest BCUT2D eigenvalue weighted by Gasteiger charge is 2.25. The summed E-state index contributed by atoms with van der Waals surface area (Å²) in [5, 5.41) is 0. The molecule has 0 aliphatic carbocycles. The number of rotatable bonds is 38. The molecule has 2 atom stereocenters. The highest BCUT2D eigenvalue weighted by atomic mass is 31.2. The van der Waals surface area contributed by atoms with Crippen LogP contribution in [0.1, 0.15) is 168 Å². The zero-order valence-corrected chi connectivity index (χ0v) is 34.4. The third kappa shape index (κ3) is 39.2. The molecule has 306 valence electrons. The number of hydrogen-bond acceptors (Lipinski definition) is 8. The average molecular weight is 766 g/mol. The molecule has 0 aromatic heterocycles. The van der Waals surface area contributed by atoms with Gasteiger partial charge < -0.3 is 20.1 Å². The molecule has 0 fully saturated rings. The number of allylic oxidation sites excluding steroid dienone is 10. The largest absolute Gasteiger partial charge is 0.472 e. The quantitative estimate of drug-likeness (QED) is 0.0272. The second kappa shape index (κ2) is 39.4. The molecule has 0 saturated heterocycles. The lowest BCUT2D eigenvalue weighted by Crippen LogP contribution is -2.29. The van der Waals surface area contributed by atoms with Crippen molar-refractivity contribution in [2.75, 3.05) is 26.4 Å². The first-order valence-electron chi connectivity index (χ1n) is 20.8. The van der Waals surface area contributed by atoms with E-state index in [9.17, 15) is 19.0 Å². The molecule has 0 spiro atoms. The van der Waals surface area contributed by atoms with Crippen LogP contribution >= 0.6 is 7.82 Å². The summed E-state index contributed by atoms with van der Waals surface area (Å²) in [7, 11) is -4.39. The van der Waals surface area contributed by atoms with Crippen molar-refractivity contribution in [2.24, 2.45) is 5.73 Å². The molecule has 0 aliphatic rings. The van der Waals surface area contributed by atoms with Gasteiger partial charge in [0.15, 0.2) is 6.10 Å². The Labute approximate surface area is 323 Å². The number of carbonyl (C=O) groups excluding carboxylic acids is 2. The Hall–Kier alpha value is -2.29. The number of nitrogens with two attached hydrogens (primary N) is 1. The standard InChI is InChI=1S/C43H76NO8P/c1-3-5-7-9-11-13-15-17-18-19-20-21-22-24-26-28-30-32-34-36-43(46)52-41(40-51-53(47,48)50-38-37-44)39-49-42(45)35-33-31-29-27-25-23-16-14-12-10-8-6-4-2/h11,13,17-18,20-21,24,26,30,32,41H,3-10,12,14-16,19,22-23,25,27-29,31,33-40,44H2,1-2H3,(H,47,48)/t41-/m1/s1. The molecule has 1 unspecified atom stereocenters. The highest BCUT2D eigenvalue weighted by Crippen LogP contribution is 2.43. The fraction of sp³-hybridized carbons (Fsp3) is 0.721. The Morgan fingerprint density at radius 3 is 1.53 bits per heavy atom. The number of ether oxygens (including phenoxy) is 2. The molecular formula is C43H76NO8P. The van der Waals surface area contributed by atoms with E-state index in [1.807, 2.05) is 12.2 Å². The molecule has 0 rings (SSSR count). The van der Waals surface area contributed by atoms with Crippen LogP contribution in [0.15, 0.2) is 60.8 Å². The SMILES string of the molecule is CCCCCC=CCC=CCC=CCC=CCC=CCCC(=O)O[C@H](COC(=O)CCCCCCCCCCCCCCC)COP(=O)(O)OCCN. The van der Waals surface area contributed by atoms with Crippen LogP contribution in [0.4, 0.5) is 0 Å². The highest BCUT2D eigenvalue weighted by molar-refractivity contribution is 7.47. The molecule has 0 aromatic carbocycles. The Morgan fingerprint density at radius 1 is 0.566 bits per heavy atom. The lowest BCUT2D eigenvalue weighted by atomic mass is 10.0. The maximum absolute atomic E-state index is 12.5. The minimum Gasteiger partial charge on any atom is -0.462 e. The summed E-state index contributed by atoms with van der Waals surface area (Å²) in [5.41, 5.74) is 5.33. The molecule has 0 aliphatic heterocycles. The van der Waals surface area contributed by atoms with Crippen molar-refractivity contribution in [2.45, 2.75) is 174 Å². The molecule has 9 nitrogen and oxygen atoms in total. The average Bonchev–Trinajstić information content (AvgIpc) is 3.14. The third-order valence-electron chi connectivity index (χ3n) is 8.42. The van der Waals surface area contributed by atoms with Gasteiger partial charge in [0.2, 0.25) is 0 Å². The Balaban J connectivity index is 4.32. The topological polar surface area (TPSA) is 134 Å². The lowest BCUT2D eigenvalue weighted by Gasteiger charge is -2.19. The van der Waals surface area contributed by atoms with Crippen molar-refractivity contribution in [3.8, 4) is 0 Å². The molecule has 3 N–H and O–H groups in total. The molecule has 53 heavy (non-hydrogen) atoms. The van der Waals surface area contributed by atoms with Crippen LogP contribution in [-0.2, 0) is 32.7 Å². The fourth-order valence-electron chi connectivity index (χ4n) is 5.32. The molecule has 0 bridgehead atoms. The molecule has 0 aromatic rings. The van der Waals surface area contributed by atoms with Crippen molar-refractivity contribution in [3.05, 3.63) is 60.8 Å². The van der Waals surface area contributed by atoms with Crippen LogP contribution < -0.4 is 5.73 Å². The van der Waals surface area contributed by atoms with E-state index in [0.29, 0.717) is 6.42 Å². The van der Waals surface area contributed by atoms with Gasteiger partial charge in [0.25, 0.3) is 0 Å². The summed E-state index contributed by atoms with van der Waals surface area (Å²) in [4.78, 5) is 34.7. The van der Waals surface area contributed by atoms with Gasteiger partial charge in [-0.25, -0.2) is 4.57 Å². The third-order valence-corrected chi connectivity index (χ3v) is 9.40. The maximum Gasteiger partial charge on any atom is 0.472 e. The van der Waals surface area contributed by atoms with E-state index in [-0.39, 0.29) is 32.6 Å². The predicted octanol–water partition coefficient (Wildman–Crippen LogP) is 11.7. The summed E-state index contributed by atoms with van der Waals surface area (Å²) in [6, 6.07) is 0. The molecule has 10 heteroatoms. The zero-order valence-electron chi connectivity index (χ0n) is 33.5. The monoisotopic (exact) mass is 766 g/mol. The van der Waals surface area contributed by atoms with Crippen molar-refractivity contribution < 1.29 is 37.6 Å². The summed E-state index contributed by atoms with van der Waals surface area (Å²) in [6.07, 6.45) is 45.5. The van der Waals surface area contributed by atoms with Crippen LogP contribution in [-0.4, -0.2) is 49.3 Å². The number of esters is 2. The van der Waals surface area contributed by atoms with Crippen LogP contribution in [0.3, 0.4) is 0 Å². The normalized spacial score (nSPS) is 14.0. The van der Waals surface area contributed by atoms with Crippen molar-refractivity contribution in [1.29, 1.82) is 0 Å². The Bertz CT molecular complexity index is 1050. The molecule has 0 radical (unpaired) electrons. The predicted molar refractivity (Wildman–Crippen MR) is 219 cm³/mol. The first-order valence-corrected chi connectivity index (χ1v) is 22.3. The van der Waals surface area contributed by atoms with Gasteiger partial charge in [0, 0.05) is 19.4 Å². The van der Waals surface area contributed by atoms with Crippen LogP contribution in [0.5, 0.6) is 0 Å². The summed E-state index contributed by atoms with van der Waals surface area (Å²) in [5.74, 6) is -0.926. The number of unbranched alkanes of at least 4 members (excludes halogenated alkanes) is 15. The Morgan fingerprint density at radius 2 is 1.02 bits per heavy atom. The first-order chi connectivity index (χ1) is 25.8. The van der Waals surface area contributed by atoms with Gasteiger partial charge in [0.1, 0.15) is 6.61 Å². The van der Waals surface area contributed by atoms with E-state index in [4.69, 9.17) is 24.3 Å². The van der Waals surface area contributed by atoms with Crippen LogP contribution in [0.2, 0.25) is 0 Å². The van der Waals surface area contributed by atoms with Crippen molar-refractivity contribution in [1.82, 2.24) is 0 Å². The maximum atomic E-state index is 12.5. The number of hydrogen-bond donors (Lipinski definition) is 2. The second-order valence-corrected chi connectivity index (χ2v) is 15.0. The van der Waals surface area contributed by atoms with E-state index >= 15 is 0 Å². The van der Waals surface area contributed by atoms with Gasteiger partial charge in [-0.3, -0.25) is 18.6 Å². The Kier molecular flexibility index (Phi) is 37.7. The lowest BCUT2D eigenvalue weighted by molar-refractivity contribution is -0.161. The van der Waals surface area contributed by atoms with Crippen molar-refractivity contribution >= 4 is 19.8 Å². The molecule has 0 amide bonds. The minimum atomic E-state index is -4.39. The smallest absolute Gasteiger partial charge is 0.462 e. The number of phosphoric acid groups is 1. The van der Waals surface area contributed by atoms with E-state index in [2.05, 4.69) is 62.5 Å². The summed E-state index contributed by atoms with van der Waals surface area (Å²) >= 11 is 0. The zero-order chi connectivity index (χ0) is 38.9. The van der Waals surface area contributed by atoms with Crippen LogP contribution in [0, 0.1) is 0 Å². The second-order valence-electron chi connectivity index (χ2n) is 13.5. The van der Waals surface area contributed by atoms with Gasteiger partial charge in [-0.1, -0.05) is 164 Å². The van der Waals surface area contributed by atoms with E-state index in [1.165, 1.54) is 89.9 Å².